The largest absolute Gasteiger partial charge is 0.389 e. The molecule has 1 saturated carbocycles. The zero-order valence-corrected chi connectivity index (χ0v) is 7.70. The summed E-state index contributed by atoms with van der Waals surface area (Å²) in [4.78, 5) is 0. The van der Waals surface area contributed by atoms with Crippen LogP contribution >= 0.6 is 0 Å². The average molecular weight is 178 g/mol. The first kappa shape index (κ1) is 8.73. The Morgan fingerprint density at radius 3 is 2.62 bits per heavy atom. The SMILES string of the molecule is CC(O)c1cccc(C2(O)CC2)c1. The summed E-state index contributed by atoms with van der Waals surface area (Å²) in [6, 6.07) is 7.56. The molecule has 0 aliphatic heterocycles. The van der Waals surface area contributed by atoms with Crippen LogP contribution in [0.1, 0.15) is 37.0 Å². The van der Waals surface area contributed by atoms with Crippen LogP contribution in [-0.4, -0.2) is 10.2 Å². The maximum Gasteiger partial charge on any atom is 0.0899 e. The molecule has 1 fully saturated rings. The second kappa shape index (κ2) is 2.82. The van der Waals surface area contributed by atoms with Gasteiger partial charge in [-0.3, -0.25) is 0 Å². The van der Waals surface area contributed by atoms with Gasteiger partial charge in [-0.2, -0.15) is 0 Å². The number of hydrogen-bond acceptors (Lipinski definition) is 2. The number of hydrogen-bond donors (Lipinski definition) is 2. The summed E-state index contributed by atoms with van der Waals surface area (Å²) in [6.07, 6.45) is 1.23. The van der Waals surface area contributed by atoms with Crippen LogP contribution < -0.4 is 0 Å². The van der Waals surface area contributed by atoms with E-state index in [1.165, 1.54) is 0 Å². The lowest BCUT2D eigenvalue weighted by Crippen LogP contribution is -2.05. The van der Waals surface area contributed by atoms with E-state index < -0.39 is 11.7 Å². The highest BCUT2D eigenvalue weighted by Gasteiger charge is 2.42. The molecular formula is C11H14O2. The van der Waals surface area contributed by atoms with Crippen LogP contribution in [0.15, 0.2) is 24.3 Å². The van der Waals surface area contributed by atoms with Crippen molar-refractivity contribution in [1.29, 1.82) is 0 Å². The number of rotatable bonds is 2. The third kappa shape index (κ3) is 1.60. The van der Waals surface area contributed by atoms with Crippen molar-refractivity contribution < 1.29 is 10.2 Å². The zero-order valence-electron chi connectivity index (χ0n) is 7.70. The van der Waals surface area contributed by atoms with E-state index in [9.17, 15) is 10.2 Å². The molecule has 0 heterocycles. The highest BCUT2D eigenvalue weighted by Crippen LogP contribution is 2.45. The molecule has 0 spiro atoms. The van der Waals surface area contributed by atoms with Crippen molar-refractivity contribution in [3.63, 3.8) is 0 Å². The van der Waals surface area contributed by atoms with E-state index in [0.29, 0.717) is 0 Å². The van der Waals surface area contributed by atoms with E-state index in [1.54, 1.807) is 6.92 Å². The molecule has 2 rings (SSSR count). The summed E-state index contributed by atoms with van der Waals surface area (Å²) >= 11 is 0. The minimum atomic E-state index is -0.592. The van der Waals surface area contributed by atoms with Crippen molar-refractivity contribution in [3.8, 4) is 0 Å². The highest BCUT2D eigenvalue weighted by molar-refractivity contribution is 5.32. The van der Waals surface area contributed by atoms with Crippen LogP contribution in [0, 0.1) is 0 Å². The minimum absolute atomic E-state index is 0.456. The topological polar surface area (TPSA) is 40.5 Å². The minimum Gasteiger partial charge on any atom is -0.389 e. The fourth-order valence-corrected chi connectivity index (χ4v) is 1.50. The summed E-state index contributed by atoms with van der Waals surface area (Å²) < 4.78 is 0. The Bertz CT molecular complexity index is 314. The van der Waals surface area contributed by atoms with Crippen LogP contribution in [0.2, 0.25) is 0 Å². The summed E-state index contributed by atoms with van der Waals surface area (Å²) in [5, 5.41) is 19.2. The molecule has 13 heavy (non-hydrogen) atoms. The zero-order chi connectivity index (χ0) is 9.47. The van der Waals surface area contributed by atoms with Crippen LogP contribution in [0.5, 0.6) is 0 Å². The smallest absolute Gasteiger partial charge is 0.0899 e. The van der Waals surface area contributed by atoms with Crippen molar-refractivity contribution in [2.75, 3.05) is 0 Å². The van der Waals surface area contributed by atoms with Gasteiger partial charge in [-0.25, -0.2) is 0 Å². The first-order chi connectivity index (χ1) is 6.12. The summed E-state index contributed by atoms with van der Waals surface area (Å²) in [5.41, 5.74) is 1.22. The monoisotopic (exact) mass is 178 g/mol. The van der Waals surface area contributed by atoms with E-state index in [4.69, 9.17) is 0 Å². The van der Waals surface area contributed by atoms with Gasteiger partial charge in [0.05, 0.1) is 11.7 Å². The molecule has 0 bridgehead atoms. The summed E-state index contributed by atoms with van der Waals surface area (Å²) in [6.45, 7) is 1.73. The van der Waals surface area contributed by atoms with E-state index >= 15 is 0 Å². The lowest BCUT2D eigenvalue weighted by molar-refractivity contribution is 0.150. The van der Waals surface area contributed by atoms with E-state index in [0.717, 1.165) is 24.0 Å². The fourth-order valence-electron chi connectivity index (χ4n) is 1.50. The van der Waals surface area contributed by atoms with Gasteiger partial charge >= 0.3 is 0 Å². The van der Waals surface area contributed by atoms with Crippen molar-refractivity contribution in [2.45, 2.75) is 31.5 Å². The molecule has 1 aliphatic carbocycles. The van der Waals surface area contributed by atoms with E-state index in [2.05, 4.69) is 0 Å². The van der Waals surface area contributed by atoms with Crippen molar-refractivity contribution in [3.05, 3.63) is 35.4 Å². The lowest BCUT2D eigenvalue weighted by Gasteiger charge is -2.11. The maximum absolute atomic E-state index is 9.82. The predicted molar refractivity (Wildman–Crippen MR) is 50.2 cm³/mol. The van der Waals surface area contributed by atoms with Gasteiger partial charge in [0.25, 0.3) is 0 Å². The van der Waals surface area contributed by atoms with Gasteiger partial charge in [0.15, 0.2) is 0 Å². The van der Waals surface area contributed by atoms with E-state index in [1.807, 2.05) is 24.3 Å². The Hall–Kier alpha value is -0.860. The number of benzene rings is 1. The molecule has 1 atom stereocenters. The molecule has 70 valence electrons. The second-order valence-corrected chi connectivity index (χ2v) is 3.83. The fraction of sp³-hybridized carbons (Fsp3) is 0.455. The lowest BCUT2D eigenvalue weighted by atomic mass is 10.0. The van der Waals surface area contributed by atoms with Gasteiger partial charge in [0.2, 0.25) is 0 Å². The molecule has 2 N–H and O–H groups in total. The molecule has 1 aromatic carbocycles. The van der Waals surface area contributed by atoms with Gasteiger partial charge in [-0.05, 0) is 30.9 Å². The van der Waals surface area contributed by atoms with E-state index in [-0.39, 0.29) is 0 Å². The van der Waals surface area contributed by atoms with Crippen molar-refractivity contribution >= 4 is 0 Å². The van der Waals surface area contributed by atoms with Crippen LogP contribution in [0.25, 0.3) is 0 Å². The molecule has 2 nitrogen and oxygen atoms in total. The molecule has 1 aliphatic rings. The second-order valence-electron chi connectivity index (χ2n) is 3.83. The van der Waals surface area contributed by atoms with Gasteiger partial charge in [0.1, 0.15) is 0 Å². The first-order valence-electron chi connectivity index (χ1n) is 4.63. The predicted octanol–water partition coefficient (Wildman–Crippen LogP) is 1.72. The number of aliphatic hydroxyl groups excluding tert-OH is 1. The van der Waals surface area contributed by atoms with Gasteiger partial charge < -0.3 is 10.2 Å². The molecule has 1 aromatic rings. The summed E-state index contributed by atoms with van der Waals surface area (Å²) in [7, 11) is 0. The molecule has 0 radical (unpaired) electrons. The molecular weight excluding hydrogens is 164 g/mol. The van der Waals surface area contributed by atoms with Gasteiger partial charge in [-0.1, -0.05) is 24.3 Å². The van der Waals surface area contributed by atoms with Crippen LogP contribution in [0.3, 0.4) is 0 Å². The molecule has 1 unspecified atom stereocenters. The van der Waals surface area contributed by atoms with Crippen molar-refractivity contribution in [1.82, 2.24) is 0 Å². The Balaban J connectivity index is 2.33. The quantitative estimate of drug-likeness (QED) is 0.724. The first-order valence-corrected chi connectivity index (χ1v) is 4.63. The molecule has 0 aromatic heterocycles. The Labute approximate surface area is 77.8 Å². The highest BCUT2D eigenvalue weighted by atomic mass is 16.3. The summed E-state index contributed by atoms with van der Waals surface area (Å²) in [5.74, 6) is 0. The Morgan fingerprint density at radius 2 is 2.08 bits per heavy atom. The average Bonchev–Trinajstić information content (AvgIpc) is 2.85. The third-order valence-corrected chi connectivity index (χ3v) is 2.63. The van der Waals surface area contributed by atoms with Gasteiger partial charge in [-0.15, -0.1) is 0 Å². The molecule has 2 heteroatoms. The van der Waals surface area contributed by atoms with Crippen LogP contribution in [0.4, 0.5) is 0 Å². The molecule has 0 amide bonds. The van der Waals surface area contributed by atoms with Crippen LogP contribution in [-0.2, 0) is 5.60 Å². The van der Waals surface area contributed by atoms with Crippen molar-refractivity contribution in [2.24, 2.45) is 0 Å². The third-order valence-electron chi connectivity index (χ3n) is 2.63. The standard InChI is InChI=1S/C11H14O2/c1-8(12)9-3-2-4-10(7-9)11(13)5-6-11/h2-4,7-8,12-13H,5-6H2,1H3. The maximum atomic E-state index is 9.82. The normalized spacial score (nSPS) is 21.2. The Morgan fingerprint density at radius 1 is 1.38 bits per heavy atom. The number of aliphatic hydroxyl groups is 2. The Kier molecular flexibility index (Phi) is 1.90. The van der Waals surface area contributed by atoms with Gasteiger partial charge in [0, 0.05) is 0 Å². The molecule has 0 saturated heterocycles.